The van der Waals surface area contributed by atoms with E-state index in [0.29, 0.717) is 0 Å². The number of nitrogens with zero attached hydrogens (tertiary/aromatic N) is 1. The third kappa shape index (κ3) is 3.37. The molecule has 0 bridgehead atoms. The topological polar surface area (TPSA) is 40.5 Å². The predicted octanol–water partition coefficient (Wildman–Crippen LogP) is 0.627. The molecule has 0 saturated carbocycles. The number of carbonyl (C=O) groups is 1. The molecule has 1 aliphatic heterocycles. The molecule has 1 saturated heterocycles. The first-order chi connectivity index (χ1) is 5.34. The molecule has 3 nitrogen and oxygen atoms in total. The number of carbonyl (C=O) groups excluding carboxylic acids is 1. The standard InChI is InChI=1S/C6H11NO2.C2H6/c8-5-6(9)7-3-1-2-4-7;1-2/h8H,1-5H2;1-2H3. The lowest BCUT2D eigenvalue weighted by atomic mass is 10.4. The molecule has 1 amide bonds. The average molecular weight is 159 g/mol. The summed E-state index contributed by atoms with van der Waals surface area (Å²) in [5.41, 5.74) is 0. The van der Waals surface area contributed by atoms with Crippen molar-refractivity contribution in [1.29, 1.82) is 0 Å². The molecule has 0 atom stereocenters. The highest BCUT2D eigenvalue weighted by Gasteiger charge is 2.15. The predicted molar refractivity (Wildman–Crippen MR) is 44.2 cm³/mol. The number of likely N-dealkylation sites (tertiary alicyclic amines) is 1. The van der Waals surface area contributed by atoms with Gasteiger partial charge in [-0.2, -0.15) is 0 Å². The first-order valence-corrected chi connectivity index (χ1v) is 4.23. The molecule has 0 aromatic carbocycles. The molecular formula is C8H17NO2. The summed E-state index contributed by atoms with van der Waals surface area (Å²) >= 11 is 0. The van der Waals surface area contributed by atoms with E-state index < -0.39 is 0 Å². The highest BCUT2D eigenvalue weighted by Crippen LogP contribution is 2.06. The lowest BCUT2D eigenvalue weighted by Crippen LogP contribution is -2.29. The van der Waals surface area contributed by atoms with Gasteiger partial charge in [0.25, 0.3) is 0 Å². The van der Waals surface area contributed by atoms with Crippen LogP contribution in [0.5, 0.6) is 0 Å². The molecule has 11 heavy (non-hydrogen) atoms. The van der Waals surface area contributed by atoms with Gasteiger partial charge in [0.05, 0.1) is 0 Å². The van der Waals surface area contributed by atoms with Crippen molar-refractivity contribution in [3.63, 3.8) is 0 Å². The van der Waals surface area contributed by atoms with Gasteiger partial charge in [-0.1, -0.05) is 13.8 Å². The van der Waals surface area contributed by atoms with Gasteiger partial charge in [0.1, 0.15) is 6.61 Å². The summed E-state index contributed by atoms with van der Waals surface area (Å²) in [7, 11) is 0. The summed E-state index contributed by atoms with van der Waals surface area (Å²) in [6.45, 7) is 5.33. The average Bonchev–Trinajstić information content (AvgIpc) is 2.59. The number of hydrogen-bond acceptors (Lipinski definition) is 2. The summed E-state index contributed by atoms with van der Waals surface area (Å²) in [6, 6.07) is 0. The Kier molecular flexibility index (Phi) is 5.84. The number of amides is 1. The van der Waals surface area contributed by atoms with E-state index in [4.69, 9.17) is 5.11 Å². The molecule has 0 aromatic heterocycles. The number of rotatable bonds is 1. The Labute approximate surface area is 68.0 Å². The van der Waals surface area contributed by atoms with Gasteiger partial charge in [-0.05, 0) is 12.8 Å². The summed E-state index contributed by atoms with van der Waals surface area (Å²) < 4.78 is 0. The van der Waals surface area contributed by atoms with E-state index in [-0.39, 0.29) is 12.5 Å². The molecule has 0 aromatic rings. The third-order valence-corrected chi connectivity index (χ3v) is 1.59. The van der Waals surface area contributed by atoms with Crippen LogP contribution in [0.2, 0.25) is 0 Å². The van der Waals surface area contributed by atoms with Crippen molar-refractivity contribution in [2.75, 3.05) is 19.7 Å². The highest BCUT2D eigenvalue weighted by molar-refractivity contribution is 5.77. The molecule has 1 heterocycles. The normalized spacial score (nSPS) is 15.7. The van der Waals surface area contributed by atoms with Crippen molar-refractivity contribution in [1.82, 2.24) is 4.90 Å². The van der Waals surface area contributed by atoms with E-state index in [9.17, 15) is 4.79 Å². The van der Waals surface area contributed by atoms with Crippen molar-refractivity contribution in [3.05, 3.63) is 0 Å². The van der Waals surface area contributed by atoms with Crippen molar-refractivity contribution in [2.24, 2.45) is 0 Å². The Bertz CT molecular complexity index is 109. The van der Waals surface area contributed by atoms with Crippen LogP contribution >= 0.6 is 0 Å². The SMILES string of the molecule is CC.O=C(CO)N1CCCC1. The molecule has 0 spiro atoms. The Morgan fingerprint density at radius 3 is 2.18 bits per heavy atom. The second-order valence-corrected chi connectivity index (χ2v) is 2.25. The minimum atomic E-state index is -0.333. The van der Waals surface area contributed by atoms with E-state index >= 15 is 0 Å². The van der Waals surface area contributed by atoms with E-state index in [0.717, 1.165) is 25.9 Å². The van der Waals surface area contributed by atoms with E-state index in [2.05, 4.69) is 0 Å². The van der Waals surface area contributed by atoms with Gasteiger partial charge in [0, 0.05) is 13.1 Å². The fourth-order valence-corrected chi connectivity index (χ4v) is 1.07. The monoisotopic (exact) mass is 159 g/mol. The molecule has 1 aliphatic rings. The first-order valence-electron chi connectivity index (χ1n) is 4.23. The van der Waals surface area contributed by atoms with Crippen molar-refractivity contribution >= 4 is 5.91 Å². The van der Waals surface area contributed by atoms with Gasteiger partial charge in [-0.25, -0.2) is 0 Å². The van der Waals surface area contributed by atoms with Crippen molar-refractivity contribution in [2.45, 2.75) is 26.7 Å². The van der Waals surface area contributed by atoms with E-state index in [1.54, 1.807) is 4.90 Å². The van der Waals surface area contributed by atoms with E-state index in [1.165, 1.54) is 0 Å². The van der Waals surface area contributed by atoms with Crippen LogP contribution in [0.25, 0.3) is 0 Å². The second-order valence-electron chi connectivity index (χ2n) is 2.25. The van der Waals surface area contributed by atoms with Gasteiger partial charge >= 0.3 is 0 Å². The fourth-order valence-electron chi connectivity index (χ4n) is 1.07. The minimum absolute atomic E-state index is 0.132. The quantitative estimate of drug-likeness (QED) is 0.609. The molecule has 1 N–H and O–H groups in total. The minimum Gasteiger partial charge on any atom is -0.387 e. The zero-order valence-corrected chi connectivity index (χ0v) is 7.34. The zero-order valence-electron chi connectivity index (χ0n) is 7.34. The van der Waals surface area contributed by atoms with E-state index in [1.807, 2.05) is 13.8 Å². The third-order valence-electron chi connectivity index (χ3n) is 1.59. The Hall–Kier alpha value is -0.570. The highest BCUT2D eigenvalue weighted by atomic mass is 16.3. The van der Waals surface area contributed by atoms with Crippen molar-refractivity contribution < 1.29 is 9.90 Å². The molecule has 66 valence electrons. The zero-order chi connectivity index (χ0) is 8.69. The van der Waals surface area contributed by atoms with Crippen LogP contribution in [-0.2, 0) is 4.79 Å². The summed E-state index contributed by atoms with van der Waals surface area (Å²) in [4.78, 5) is 12.4. The molecule has 3 heteroatoms. The second kappa shape index (κ2) is 6.16. The molecular weight excluding hydrogens is 142 g/mol. The van der Waals surface area contributed by atoms with Crippen LogP contribution in [0, 0.1) is 0 Å². The fraction of sp³-hybridized carbons (Fsp3) is 0.875. The number of hydrogen-bond donors (Lipinski definition) is 1. The Morgan fingerprint density at radius 2 is 1.82 bits per heavy atom. The van der Waals surface area contributed by atoms with Crippen LogP contribution in [0.3, 0.4) is 0 Å². The smallest absolute Gasteiger partial charge is 0.248 e. The Balaban J connectivity index is 0.000000461. The van der Waals surface area contributed by atoms with Crippen LogP contribution in [-0.4, -0.2) is 35.6 Å². The molecule has 1 fully saturated rings. The van der Waals surface area contributed by atoms with Crippen LogP contribution < -0.4 is 0 Å². The maximum Gasteiger partial charge on any atom is 0.248 e. The molecule has 0 radical (unpaired) electrons. The van der Waals surface area contributed by atoms with Gasteiger partial charge in [0.15, 0.2) is 0 Å². The maximum absolute atomic E-state index is 10.7. The largest absolute Gasteiger partial charge is 0.387 e. The van der Waals surface area contributed by atoms with Gasteiger partial charge in [-0.3, -0.25) is 4.79 Å². The molecule has 0 aliphatic carbocycles. The summed E-state index contributed by atoms with van der Waals surface area (Å²) in [5, 5.41) is 8.40. The van der Waals surface area contributed by atoms with Crippen LogP contribution in [0.1, 0.15) is 26.7 Å². The molecule has 1 rings (SSSR count). The lowest BCUT2D eigenvalue weighted by Gasteiger charge is -2.11. The van der Waals surface area contributed by atoms with Gasteiger partial charge in [0.2, 0.25) is 5.91 Å². The maximum atomic E-state index is 10.7. The van der Waals surface area contributed by atoms with Crippen LogP contribution in [0.4, 0.5) is 0 Å². The Morgan fingerprint density at radius 1 is 1.36 bits per heavy atom. The van der Waals surface area contributed by atoms with Crippen LogP contribution in [0.15, 0.2) is 0 Å². The number of aliphatic hydroxyl groups excluding tert-OH is 1. The van der Waals surface area contributed by atoms with Gasteiger partial charge in [-0.15, -0.1) is 0 Å². The number of aliphatic hydroxyl groups is 1. The molecule has 0 unspecified atom stereocenters. The summed E-state index contributed by atoms with van der Waals surface area (Å²) in [6.07, 6.45) is 2.18. The van der Waals surface area contributed by atoms with Gasteiger partial charge < -0.3 is 10.0 Å². The van der Waals surface area contributed by atoms with Crippen molar-refractivity contribution in [3.8, 4) is 0 Å². The summed E-state index contributed by atoms with van der Waals surface area (Å²) in [5.74, 6) is -0.132. The first kappa shape index (κ1) is 10.4. The lowest BCUT2D eigenvalue weighted by molar-refractivity contribution is -0.133.